The van der Waals surface area contributed by atoms with Crippen LogP contribution >= 0.6 is 11.3 Å². The molecule has 1 aromatic heterocycles. The van der Waals surface area contributed by atoms with Gasteiger partial charge in [-0.15, -0.1) is 11.3 Å². The number of β-amino-alcohol motifs (C(OH)–C–C–N with tert-alkyl or cyclic N) is 2. The topological polar surface area (TPSA) is 115 Å². The Morgan fingerprint density at radius 1 is 1.32 bits per heavy atom. The zero-order valence-corrected chi connectivity index (χ0v) is 11.4. The number of sulfonamides is 1. The summed E-state index contributed by atoms with van der Waals surface area (Å²) in [6.45, 7) is -0.314. The van der Waals surface area contributed by atoms with Crippen LogP contribution in [0, 0.1) is 0 Å². The third-order valence-corrected chi connectivity index (χ3v) is 6.17. The molecule has 7 nitrogen and oxygen atoms in total. The van der Waals surface area contributed by atoms with Crippen molar-refractivity contribution in [3.8, 4) is 0 Å². The molecule has 2 rings (SSSR count). The quantitative estimate of drug-likeness (QED) is 0.664. The van der Waals surface area contributed by atoms with Crippen LogP contribution in [0.5, 0.6) is 0 Å². The average Bonchev–Trinajstić information content (AvgIpc) is 2.87. The number of carboxylic acid groups (broad SMARTS) is 1. The van der Waals surface area contributed by atoms with Crippen LogP contribution in [0.3, 0.4) is 0 Å². The Morgan fingerprint density at radius 2 is 1.89 bits per heavy atom. The summed E-state index contributed by atoms with van der Waals surface area (Å²) in [7, 11) is -3.78. The molecule has 2 atom stereocenters. The lowest BCUT2D eigenvalue weighted by Crippen LogP contribution is -2.29. The van der Waals surface area contributed by atoms with E-state index in [0.29, 0.717) is 4.88 Å². The summed E-state index contributed by atoms with van der Waals surface area (Å²) in [6.07, 6.45) is -2.41. The van der Waals surface area contributed by atoms with Crippen molar-refractivity contribution < 1.29 is 28.5 Å². The highest BCUT2D eigenvalue weighted by Crippen LogP contribution is 2.27. The average molecular weight is 307 g/mol. The fourth-order valence-corrected chi connectivity index (χ4v) is 4.78. The van der Waals surface area contributed by atoms with Crippen molar-refractivity contribution >= 4 is 27.3 Å². The SMILES string of the molecule is O=C(O)Cc1ccc(S(=O)(=O)N2C[C@@H](O)[C@@H](O)C2)s1. The Labute approximate surface area is 113 Å². The second-order valence-electron chi connectivity index (χ2n) is 4.25. The van der Waals surface area contributed by atoms with Crippen molar-refractivity contribution in [3.05, 3.63) is 17.0 Å². The minimum absolute atomic E-state index is 0.0186. The Hall–Kier alpha value is -1.00. The van der Waals surface area contributed by atoms with Crippen LogP contribution in [0.2, 0.25) is 0 Å². The van der Waals surface area contributed by atoms with Gasteiger partial charge in [0.2, 0.25) is 0 Å². The van der Waals surface area contributed by atoms with E-state index < -0.39 is 28.2 Å². The Balaban J connectivity index is 2.20. The van der Waals surface area contributed by atoms with E-state index in [1.807, 2.05) is 0 Å². The van der Waals surface area contributed by atoms with Crippen LogP contribution < -0.4 is 0 Å². The first-order valence-corrected chi connectivity index (χ1v) is 7.73. The first kappa shape index (κ1) is 14.4. The summed E-state index contributed by atoms with van der Waals surface area (Å²) < 4.78 is 25.4. The molecule has 19 heavy (non-hydrogen) atoms. The van der Waals surface area contributed by atoms with E-state index in [-0.39, 0.29) is 23.7 Å². The van der Waals surface area contributed by atoms with E-state index in [1.165, 1.54) is 12.1 Å². The monoisotopic (exact) mass is 307 g/mol. The van der Waals surface area contributed by atoms with Crippen molar-refractivity contribution in [2.45, 2.75) is 22.8 Å². The fourth-order valence-electron chi connectivity index (χ4n) is 1.80. The largest absolute Gasteiger partial charge is 0.481 e. The zero-order chi connectivity index (χ0) is 14.2. The molecule has 1 fully saturated rings. The maximum absolute atomic E-state index is 12.2. The smallest absolute Gasteiger partial charge is 0.308 e. The number of hydrogen-bond donors (Lipinski definition) is 3. The van der Waals surface area contributed by atoms with E-state index in [2.05, 4.69) is 0 Å². The number of rotatable bonds is 4. The van der Waals surface area contributed by atoms with Crippen LogP contribution in [-0.2, 0) is 21.2 Å². The molecule has 0 bridgehead atoms. The summed E-state index contributed by atoms with van der Waals surface area (Å²) in [6, 6.07) is 2.80. The molecule has 0 radical (unpaired) electrons. The summed E-state index contributed by atoms with van der Waals surface area (Å²) in [5.41, 5.74) is 0. The Morgan fingerprint density at radius 3 is 2.42 bits per heavy atom. The number of carboxylic acids is 1. The van der Waals surface area contributed by atoms with E-state index in [1.54, 1.807) is 0 Å². The van der Waals surface area contributed by atoms with Gasteiger partial charge in [0.25, 0.3) is 10.0 Å². The summed E-state index contributed by atoms with van der Waals surface area (Å²) in [4.78, 5) is 11.0. The molecule has 3 N–H and O–H groups in total. The summed E-state index contributed by atoms with van der Waals surface area (Å²) in [5, 5.41) is 27.4. The predicted molar refractivity (Wildman–Crippen MR) is 66.4 cm³/mol. The van der Waals surface area contributed by atoms with E-state index >= 15 is 0 Å². The standard InChI is InChI=1S/C10H13NO6S2/c12-7-4-11(5-8(7)13)19(16,17)10-2-1-6(18-10)3-9(14)15/h1-2,7-8,12-13H,3-5H2,(H,14,15)/t7-,8+. The second-order valence-corrected chi connectivity index (χ2v) is 7.58. The van der Waals surface area contributed by atoms with Crippen LogP contribution in [-0.4, -0.2) is 59.3 Å². The summed E-state index contributed by atoms with van der Waals surface area (Å²) in [5.74, 6) is -1.03. The van der Waals surface area contributed by atoms with Gasteiger partial charge in [0.1, 0.15) is 4.21 Å². The number of hydrogen-bond acceptors (Lipinski definition) is 6. The Bertz CT molecular complexity index is 571. The molecule has 0 aromatic carbocycles. The number of nitrogens with zero attached hydrogens (tertiary/aromatic N) is 1. The molecule has 2 heterocycles. The van der Waals surface area contributed by atoms with Gasteiger partial charge in [-0.25, -0.2) is 8.42 Å². The lowest BCUT2D eigenvalue weighted by Gasteiger charge is -2.13. The molecule has 0 spiro atoms. The van der Waals surface area contributed by atoms with Crippen molar-refractivity contribution in [2.75, 3.05) is 13.1 Å². The number of carbonyl (C=O) groups is 1. The number of aliphatic hydroxyl groups excluding tert-OH is 2. The summed E-state index contributed by atoms with van der Waals surface area (Å²) >= 11 is 0.884. The van der Waals surface area contributed by atoms with Gasteiger partial charge in [-0.2, -0.15) is 4.31 Å². The molecule has 9 heteroatoms. The Kier molecular flexibility index (Phi) is 3.92. The lowest BCUT2D eigenvalue weighted by atomic mass is 10.3. The molecular weight excluding hydrogens is 294 g/mol. The van der Waals surface area contributed by atoms with E-state index in [4.69, 9.17) is 5.11 Å². The molecule has 0 unspecified atom stereocenters. The van der Waals surface area contributed by atoms with Crippen LogP contribution in [0.1, 0.15) is 4.88 Å². The van der Waals surface area contributed by atoms with Crippen LogP contribution in [0.25, 0.3) is 0 Å². The van der Waals surface area contributed by atoms with Gasteiger partial charge in [0, 0.05) is 18.0 Å². The van der Waals surface area contributed by atoms with Crippen molar-refractivity contribution in [1.82, 2.24) is 4.31 Å². The zero-order valence-electron chi connectivity index (χ0n) is 9.76. The number of aliphatic carboxylic acids is 1. The van der Waals surface area contributed by atoms with Crippen molar-refractivity contribution in [2.24, 2.45) is 0 Å². The molecule has 0 saturated carbocycles. The minimum atomic E-state index is -3.78. The second kappa shape index (κ2) is 5.17. The highest BCUT2D eigenvalue weighted by molar-refractivity contribution is 7.91. The minimum Gasteiger partial charge on any atom is -0.481 e. The maximum atomic E-state index is 12.2. The lowest BCUT2D eigenvalue weighted by molar-refractivity contribution is -0.136. The first-order valence-electron chi connectivity index (χ1n) is 5.47. The van der Waals surface area contributed by atoms with E-state index in [0.717, 1.165) is 15.6 Å². The maximum Gasteiger partial charge on any atom is 0.308 e. The van der Waals surface area contributed by atoms with Gasteiger partial charge in [-0.1, -0.05) is 0 Å². The molecule has 1 aliphatic heterocycles. The molecule has 1 aromatic rings. The van der Waals surface area contributed by atoms with Gasteiger partial charge >= 0.3 is 5.97 Å². The predicted octanol–water partition coefficient (Wildman–Crippen LogP) is -0.899. The van der Waals surface area contributed by atoms with Gasteiger partial charge in [0.15, 0.2) is 0 Å². The van der Waals surface area contributed by atoms with E-state index in [9.17, 15) is 23.4 Å². The van der Waals surface area contributed by atoms with Gasteiger partial charge in [-0.3, -0.25) is 4.79 Å². The third kappa shape index (κ3) is 2.95. The van der Waals surface area contributed by atoms with Crippen molar-refractivity contribution in [1.29, 1.82) is 0 Å². The first-order chi connectivity index (χ1) is 8.80. The third-order valence-electron chi connectivity index (χ3n) is 2.78. The van der Waals surface area contributed by atoms with Crippen LogP contribution in [0.15, 0.2) is 16.3 Å². The highest BCUT2D eigenvalue weighted by Gasteiger charge is 2.38. The molecule has 106 valence electrons. The molecule has 1 aliphatic rings. The molecular formula is C10H13NO6S2. The fraction of sp³-hybridized carbons (Fsp3) is 0.500. The number of thiophene rings is 1. The highest BCUT2D eigenvalue weighted by atomic mass is 32.2. The molecule has 0 aliphatic carbocycles. The number of aliphatic hydroxyl groups is 2. The van der Waals surface area contributed by atoms with Crippen molar-refractivity contribution in [3.63, 3.8) is 0 Å². The molecule has 1 saturated heterocycles. The van der Waals surface area contributed by atoms with Crippen LogP contribution in [0.4, 0.5) is 0 Å². The van der Waals surface area contributed by atoms with Gasteiger partial charge in [0.05, 0.1) is 18.6 Å². The van der Waals surface area contributed by atoms with Gasteiger partial charge in [-0.05, 0) is 12.1 Å². The normalized spacial score (nSPS) is 24.7. The molecule has 0 amide bonds. The van der Waals surface area contributed by atoms with Gasteiger partial charge < -0.3 is 15.3 Å².